The first kappa shape index (κ1) is 15.6. The number of benzene rings is 2. The van der Waals surface area contributed by atoms with E-state index in [-0.39, 0.29) is 23.2 Å². The lowest BCUT2D eigenvalue weighted by atomic mass is 10.1. The molecule has 25 heavy (non-hydrogen) atoms. The van der Waals surface area contributed by atoms with Gasteiger partial charge in [0.05, 0.1) is 23.5 Å². The van der Waals surface area contributed by atoms with Crippen LogP contribution in [0.15, 0.2) is 51.9 Å². The quantitative estimate of drug-likeness (QED) is 0.777. The van der Waals surface area contributed by atoms with Crippen LogP contribution in [0, 0.1) is 0 Å². The molecule has 0 saturated carbocycles. The third kappa shape index (κ3) is 2.64. The summed E-state index contributed by atoms with van der Waals surface area (Å²) in [6.07, 6.45) is 0. The number of hydrogen-bond acceptors (Lipinski definition) is 5. The molecule has 0 spiro atoms. The van der Waals surface area contributed by atoms with E-state index in [0.717, 1.165) is 5.39 Å². The van der Waals surface area contributed by atoms with Gasteiger partial charge in [0.2, 0.25) is 11.8 Å². The average molecular weight is 357 g/mol. The number of hydrogen-bond donors (Lipinski definition) is 1. The van der Waals surface area contributed by atoms with Gasteiger partial charge < -0.3 is 9.42 Å². The molecule has 0 unspecified atom stereocenters. The van der Waals surface area contributed by atoms with Crippen molar-refractivity contribution < 1.29 is 17.7 Å². The van der Waals surface area contributed by atoms with E-state index in [2.05, 4.69) is 9.88 Å². The summed E-state index contributed by atoms with van der Waals surface area (Å²) < 4.78 is 33.3. The molecule has 2 aromatic carbocycles. The monoisotopic (exact) mass is 357 g/mol. The Bertz CT molecular complexity index is 1080. The molecule has 0 radical (unpaired) electrons. The van der Waals surface area contributed by atoms with E-state index >= 15 is 0 Å². The molecule has 1 aliphatic heterocycles. The Morgan fingerprint density at radius 3 is 2.72 bits per heavy atom. The lowest BCUT2D eigenvalue weighted by Gasteiger charge is -2.12. The largest absolute Gasteiger partial charge is 0.337 e. The summed E-state index contributed by atoms with van der Waals surface area (Å²) >= 11 is 0. The molecule has 1 amide bonds. The molecular formula is C17H15N3O4S. The fourth-order valence-electron chi connectivity index (χ4n) is 2.97. The van der Waals surface area contributed by atoms with Crippen molar-refractivity contribution in [3.8, 4) is 0 Å². The Hall–Kier alpha value is -2.87. The second kappa shape index (κ2) is 5.59. The van der Waals surface area contributed by atoms with Gasteiger partial charge in [0.15, 0.2) is 0 Å². The predicted molar refractivity (Wildman–Crippen MR) is 91.2 cm³/mol. The summed E-state index contributed by atoms with van der Waals surface area (Å²) in [4.78, 5) is 13.2. The molecule has 1 N–H and O–H groups in total. The van der Waals surface area contributed by atoms with Gasteiger partial charge in [-0.25, -0.2) is 13.1 Å². The number of carbonyl (C=O) groups is 1. The second-order valence-corrected chi connectivity index (χ2v) is 7.55. The van der Waals surface area contributed by atoms with Crippen LogP contribution in [0.2, 0.25) is 0 Å². The molecular weight excluding hydrogens is 342 g/mol. The van der Waals surface area contributed by atoms with Crippen molar-refractivity contribution in [2.24, 2.45) is 0 Å². The molecule has 0 bridgehead atoms. The topological polar surface area (TPSA) is 92.5 Å². The maximum atomic E-state index is 12.8. The van der Waals surface area contributed by atoms with Crippen molar-refractivity contribution in [2.75, 3.05) is 4.72 Å². The van der Waals surface area contributed by atoms with Crippen molar-refractivity contribution in [3.63, 3.8) is 0 Å². The Kier molecular flexibility index (Phi) is 3.50. The minimum atomic E-state index is -3.86. The van der Waals surface area contributed by atoms with Gasteiger partial charge in [-0.1, -0.05) is 41.6 Å². The molecule has 0 aliphatic carbocycles. The van der Waals surface area contributed by atoms with Crippen LogP contribution in [0.4, 0.5) is 5.88 Å². The lowest BCUT2D eigenvalue weighted by molar-refractivity contribution is -0.129. The van der Waals surface area contributed by atoms with Gasteiger partial charge in [-0.2, -0.15) is 0 Å². The number of anilines is 1. The number of carbonyl (C=O) groups excluding carboxylic acids is 1. The summed E-state index contributed by atoms with van der Waals surface area (Å²) in [5, 5.41) is 5.33. The third-order valence-corrected chi connectivity index (χ3v) is 5.66. The first-order chi connectivity index (χ1) is 12.0. The van der Waals surface area contributed by atoms with E-state index in [0.29, 0.717) is 23.2 Å². The molecule has 4 rings (SSSR count). The first-order valence-electron chi connectivity index (χ1n) is 7.69. The summed E-state index contributed by atoms with van der Waals surface area (Å²) in [5.41, 5.74) is 1.17. The van der Waals surface area contributed by atoms with Crippen molar-refractivity contribution in [1.29, 1.82) is 0 Å². The van der Waals surface area contributed by atoms with E-state index in [4.69, 9.17) is 4.52 Å². The molecule has 128 valence electrons. The summed E-state index contributed by atoms with van der Waals surface area (Å²) in [5.74, 6) is -0.0347. The summed E-state index contributed by atoms with van der Waals surface area (Å²) in [6.45, 7) is 2.06. The van der Waals surface area contributed by atoms with Crippen molar-refractivity contribution >= 4 is 32.6 Å². The second-order valence-electron chi connectivity index (χ2n) is 5.89. The zero-order chi connectivity index (χ0) is 17.6. The summed E-state index contributed by atoms with van der Waals surface area (Å²) in [7, 11) is -3.86. The normalized spacial score (nSPS) is 13.9. The minimum Gasteiger partial charge on any atom is -0.337 e. The van der Waals surface area contributed by atoms with E-state index in [1.54, 1.807) is 29.2 Å². The standard InChI is InChI=1S/C17H15N3O4S/c1-11(21)20-9-14-15(10-20)18-24-17(14)19-25(22,23)16-8-4-6-12-5-2-3-7-13(12)16/h2-8,19H,9-10H2,1H3. The van der Waals surface area contributed by atoms with Gasteiger partial charge in [0.1, 0.15) is 5.69 Å². The van der Waals surface area contributed by atoms with Crippen molar-refractivity contribution in [2.45, 2.75) is 24.9 Å². The lowest BCUT2D eigenvalue weighted by Crippen LogP contribution is -2.22. The number of fused-ring (bicyclic) bond motifs is 2. The van der Waals surface area contributed by atoms with Crippen LogP contribution in [-0.2, 0) is 27.9 Å². The number of amides is 1. The van der Waals surface area contributed by atoms with E-state index in [1.165, 1.54) is 6.92 Å². The average Bonchev–Trinajstić information content (AvgIpc) is 3.16. The molecule has 7 nitrogen and oxygen atoms in total. The highest BCUT2D eigenvalue weighted by atomic mass is 32.2. The molecule has 3 aromatic rings. The maximum Gasteiger partial charge on any atom is 0.264 e. The van der Waals surface area contributed by atoms with Crippen LogP contribution in [0.25, 0.3) is 10.8 Å². The number of sulfonamides is 1. The van der Waals surface area contributed by atoms with Crippen LogP contribution < -0.4 is 4.72 Å². The maximum absolute atomic E-state index is 12.8. The molecule has 0 fully saturated rings. The Balaban J connectivity index is 1.71. The van der Waals surface area contributed by atoms with Crippen LogP contribution >= 0.6 is 0 Å². The molecule has 1 aromatic heterocycles. The van der Waals surface area contributed by atoms with Crippen LogP contribution in [0.1, 0.15) is 18.2 Å². The van der Waals surface area contributed by atoms with Crippen molar-refractivity contribution in [1.82, 2.24) is 10.1 Å². The van der Waals surface area contributed by atoms with Gasteiger partial charge >= 0.3 is 0 Å². The number of rotatable bonds is 3. The molecule has 0 atom stereocenters. The zero-order valence-corrected chi connectivity index (χ0v) is 14.2. The molecule has 1 aliphatic rings. The van der Waals surface area contributed by atoms with Gasteiger partial charge in [-0.05, 0) is 11.5 Å². The number of nitrogens with zero attached hydrogens (tertiary/aromatic N) is 2. The van der Waals surface area contributed by atoms with Gasteiger partial charge in [-0.15, -0.1) is 0 Å². The van der Waals surface area contributed by atoms with Crippen LogP contribution in [-0.4, -0.2) is 24.4 Å². The highest BCUT2D eigenvalue weighted by Gasteiger charge is 2.30. The SMILES string of the molecule is CC(=O)N1Cc2noc(NS(=O)(=O)c3cccc4ccccc34)c2C1. The molecule has 0 saturated heterocycles. The Labute approximate surface area is 144 Å². The zero-order valence-electron chi connectivity index (χ0n) is 13.4. The van der Waals surface area contributed by atoms with Gasteiger partial charge in [0, 0.05) is 12.3 Å². The van der Waals surface area contributed by atoms with Gasteiger partial charge in [-0.3, -0.25) is 4.79 Å². The molecule has 8 heteroatoms. The fourth-order valence-corrected chi connectivity index (χ4v) is 4.21. The van der Waals surface area contributed by atoms with Gasteiger partial charge in [0.25, 0.3) is 10.0 Å². The third-order valence-electron chi connectivity index (χ3n) is 4.27. The van der Waals surface area contributed by atoms with Crippen molar-refractivity contribution in [3.05, 3.63) is 53.7 Å². The Morgan fingerprint density at radius 1 is 1.16 bits per heavy atom. The van der Waals surface area contributed by atoms with Crippen LogP contribution in [0.3, 0.4) is 0 Å². The molecule has 2 heterocycles. The summed E-state index contributed by atoms with van der Waals surface area (Å²) in [6, 6.07) is 12.3. The highest BCUT2D eigenvalue weighted by Crippen LogP contribution is 2.31. The van der Waals surface area contributed by atoms with E-state index in [9.17, 15) is 13.2 Å². The van der Waals surface area contributed by atoms with Crippen LogP contribution in [0.5, 0.6) is 0 Å². The first-order valence-corrected chi connectivity index (χ1v) is 9.17. The Morgan fingerprint density at radius 2 is 1.92 bits per heavy atom. The number of nitrogens with one attached hydrogen (secondary N) is 1. The van der Waals surface area contributed by atoms with E-state index < -0.39 is 10.0 Å². The minimum absolute atomic E-state index is 0.0617. The number of aromatic nitrogens is 1. The van der Waals surface area contributed by atoms with E-state index in [1.807, 2.05) is 18.2 Å². The predicted octanol–water partition coefficient (Wildman–Crippen LogP) is 2.49. The highest BCUT2D eigenvalue weighted by molar-refractivity contribution is 7.93. The smallest absolute Gasteiger partial charge is 0.264 e. The fraction of sp³-hybridized carbons (Fsp3) is 0.176.